The first-order valence-corrected chi connectivity index (χ1v) is 9.82. The summed E-state index contributed by atoms with van der Waals surface area (Å²) in [6.45, 7) is -0.801. The Morgan fingerprint density at radius 2 is 0.711 bits per heavy atom. The van der Waals surface area contributed by atoms with E-state index in [0.717, 1.165) is 0 Å². The lowest BCUT2D eigenvalue weighted by Crippen LogP contribution is -2.79. The normalized spacial score (nSPS) is 16.1. The zero-order chi connectivity index (χ0) is 37.3. The van der Waals surface area contributed by atoms with Gasteiger partial charge in [-0.1, -0.05) is 6.58 Å². The Morgan fingerprint density at radius 1 is 0.444 bits per heavy atom. The Bertz CT molecular complexity index is 1090. The number of carbonyl (C=O) groups excluding carboxylic acids is 1. The molecule has 0 amide bonds. The third kappa shape index (κ3) is 5.89. The van der Waals surface area contributed by atoms with Crippen LogP contribution in [0.2, 0.25) is 0 Å². The van der Waals surface area contributed by atoms with Crippen molar-refractivity contribution in [1.29, 1.82) is 0 Å². The molecule has 0 aromatic carbocycles. The average Bonchev–Trinajstić information content (AvgIpc) is 2.79. The van der Waals surface area contributed by atoms with Crippen molar-refractivity contribution in [1.82, 2.24) is 0 Å². The lowest BCUT2D eigenvalue weighted by Gasteiger charge is -2.46. The van der Waals surface area contributed by atoms with Crippen LogP contribution in [0, 0.1) is 0 Å². The summed E-state index contributed by atoms with van der Waals surface area (Å²) in [5.74, 6) is -75.1. The molecule has 0 bridgehead atoms. The second kappa shape index (κ2) is 11.0. The first kappa shape index (κ1) is 42.4. The van der Waals surface area contributed by atoms with Crippen LogP contribution < -0.4 is 0 Å². The third-order valence-electron chi connectivity index (χ3n) is 5.28. The molecular weight excluding hydrogens is 730 g/mol. The molecule has 0 aliphatic heterocycles. The van der Waals surface area contributed by atoms with Crippen molar-refractivity contribution in [3.05, 3.63) is 12.2 Å². The summed E-state index contributed by atoms with van der Waals surface area (Å²) in [5.41, 5.74) is -11.8. The molecule has 0 saturated carbocycles. The van der Waals surface area contributed by atoms with Crippen LogP contribution >= 0.6 is 0 Å². The molecule has 268 valence electrons. The number of esters is 1. The maximum atomic E-state index is 13.7. The molecule has 45 heavy (non-hydrogen) atoms. The molecule has 0 aromatic rings. The lowest BCUT2D eigenvalue weighted by atomic mass is 9.82. The maximum Gasteiger partial charge on any atom is 0.438 e. The molecule has 0 rings (SSSR count). The highest BCUT2D eigenvalue weighted by Crippen LogP contribution is 2.67. The van der Waals surface area contributed by atoms with Gasteiger partial charge in [0.1, 0.15) is 5.57 Å². The molecular formula is C17H6F26O2. The van der Waals surface area contributed by atoms with Crippen molar-refractivity contribution < 1.29 is 124 Å². The first-order chi connectivity index (χ1) is 19.0. The van der Waals surface area contributed by atoms with Gasteiger partial charge in [-0.25, -0.2) is 9.18 Å². The smallest absolute Gasteiger partial charge is 0.438 e. The minimum atomic E-state index is -9.62. The Kier molecular flexibility index (Phi) is 10.4. The molecule has 2 nitrogen and oxygen atoms in total. The van der Waals surface area contributed by atoms with Gasteiger partial charge in [-0.2, -0.15) is 110 Å². The molecule has 0 aliphatic rings. The number of carbonyl (C=O) groups is 1. The van der Waals surface area contributed by atoms with E-state index in [1.165, 1.54) is 0 Å². The van der Waals surface area contributed by atoms with Crippen molar-refractivity contribution in [2.24, 2.45) is 0 Å². The van der Waals surface area contributed by atoms with Crippen LogP contribution in [0.4, 0.5) is 114 Å². The van der Waals surface area contributed by atoms with Gasteiger partial charge < -0.3 is 4.74 Å². The fourth-order valence-corrected chi connectivity index (χ4v) is 2.58. The van der Waals surface area contributed by atoms with E-state index in [9.17, 15) is 119 Å². The fourth-order valence-electron chi connectivity index (χ4n) is 2.58. The highest BCUT2D eigenvalue weighted by Gasteiger charge is 3.00. The van der Waals surface area contributed by atoms with Crippen molar-refractivity contribution >= 4 is 5.97 Å². The quantitative estimate of drug-likeness (QED) is 0.114. The predicted molar refractivity (Wildman–Crippen MR) is 86.3 cm³/mol. The zero-order valence-corrected chi connectivity index (χ0v) is 19.8. The van der Waals surface area contributed by atoms with Crippen LogP contribution in [-0.4, -0.2) is 84.2 Å². The molecule has 0 aromatic heterocycles. The van der Waals surface area contributed by atoms with E-state index in [4.69, 9.17) is 0 Å². The van der Waals surface area contributed by atoms with E-state index in [-0.39, 0.29) is 0 Å². The standard InChI is InChI=1S/C17H6F26O2/c1-4(7(20,21)22)5(44)45-3-2-6(18,19)9(24,25)11(28,29)13(32,33)15(36,37)14(34,35)12(30,31)10(26,27)8(23,16(38,39)40)17(41,42)43/h1-3H2. The number of alkyl halides is 26. The van der Waals surface area contributed by atoms with E-state index >= 15 is 0 Å². The Balaban J connectivity index is 6.94. The van der Waals surface area contributed by atoms with Gasteiger partial charge in [0.15, 0.2) is 0 Å². The van der Waals surface area contributed by atoms with Gasteiger partial charge in [0.05, 0.1) is 13.0 Å². The van der Waals surface area contributed by atoms with Crippen molar-refractivity contribution in [2.45, 2.75) is 78.0 Å². The van der Waals surface area contributed by atoms with Crippen LogP contribution in [0.15, 0.2) is 12.2 Å². The molecule has 0 unspecified atom stereocenters. The van der Waals surface area contributed by atoms with Gasteiger partial charge in [0.25, 0.3) is 0 Å². The van der Waals surface area contributed by atoms with Gasteiger partial charge in [-0.3, -0.25) is 0 Å². The van der Waals surface area contributed by atoms with Crippen LogP contribution in [0.3, 0.4) is 0 Å². The summed E-state index contributed by atoms with van der Waals surface area (Å²) in [6, 6.07) is 0. The van der Waals surface area contributed by atoms with Gasteiger partial charge in [-0.05, 0) is 0 Å². The molecule has 0 radical (unpaired) electrons. The largest absolute Gasteiger partial charge is 0.462 e. The molecule has 0 saturated heterocycles. The summed E-state index contributed by atoms with van der Waals surface area (Å²) in [4.78, 5) is 10.9. The predicted octanol–water partition coefficient (Wildman–Crippen LogP) is 8.95. The summed E-state index contributed by atoms with van der Waals surface area (Å²) in [6.07, 6.45) is -26.5. The molecule has 0 fully saturated rings. The minimum absolute atomic E-state index is 1.92. The molecule has 0 N–H and O–H groups in total. The Hall–Kier alpha value is -2.61. The molecule has 0 heterocycles. The van der Waals surface area contributed by atoms with Gasteiger partial charge in [0.2, 0.25) is 0 Å². The van der Waals surface area contributed by atoms with Gasteiger partial charge >= 0.3 is 77.5 Å². The minimum Gasteiger partial charge on any atom is -0.462 e. The van der Waals surface area contributed by atoms with Crippen LogP contribution in [0.5, 0.6) is 0 Å². The van der Waals surface area contributed by atoms with Crippen molar-refractivity contribution in [3.63, 3.8) is 0 Å². The molecule has 0 spiro atoms. The highest BCUT2D eigenvalue weighted by atomic mass is 19.4. The van der Waals surface area contributed by atoms with Gasteiger partial charge in [-0.15, -0.1) is 0 Å². The number of ether oxygens (including phenoxy) is 1. The maximum absolute atomic E-state index is 13.7. The van der Waals surface area contributed by atoms with E-state index in [1.807, 2.05) is 6.58 Å². The molecule has 0 aliphatic carbocycles. The topological polar surface area (TPSA) is 26.3 Å². The average molecular weight is 736 g/mol. The summed E-state index contributed by atoms with van der Waals surface area (Å²) in [5, 5.41) is 0. The van der Waals surface area contributed by atoms with E-state index in [0.29, 0.717) is 0 Å². The highest BCUT2D eigenvalue weighted by molar-refractivity contribution is 5.89. The summed E-state index contributed by atoms with van der Waals surface area (Å²) >= 11 is 0. The van der Waals surface area contributed by atoms with Gasteiger partial charge in [0, 0.05) is 0 Å². The summed E-state index contributed by atoms with van der Waals surface area (Å²) < 4.78 is 346. The number of hydrogen-bond acceptors (Lipinski definition) is 2. The number of hydrogen-bond donors (Lipinski definition) is 0. The monoisotopic (exact) mass is 736 g/mol. The van der Waals surface area contributed by atoms with Crippen LogP contribution in [-0.2, 0) is 9.53 Å². The SMILES string of the molecule is C=C(C(=O)OCCC(F)(F)C(F)(F)C(F)(F)C(F)(F)C(F)(F)C(F)(F)C(F)(F)C(F)(F)C(F)(C(F)(F)F)C(F)(F)F)C(F)(F)F. The van der Waals surface area contributed by atoms with Crippen molar-refractivity contribution in [3.8, 4) is 0 Å². The second-order valence-corrected chi connectivity index (χ2v) is 8.24. The Labute approximate surface area is 227 Å². The second-order valence-electron chi connectivity index (χ2n) is 8.24. The van der Waals surface area contributed by atoms with E-state index < -0.39 is 96.1 Å². The number of rotatable bonds is 12. The fraction of sp³-hybridized carbons (Fsp3) is 0.824. The zero-order valence-electron chi connectivity index (χ0n) is 19.8. The van der Waals surface area contributed by atoms with Crippen molar-refractivity contribution in [2.75, 3.05) is 6.61 Å². The number of halogens is 26. The molecule has 0 atom stereocenters. The van der Waals surface area contributed by atoms with E-state index in [1.54, 1.807) is 0 Å². The lowest BCUT2D eigenvalue weighted by molar-refractivity contribution is -0.481. The van der Waals surface area contributed by atoms with Crippen LogP contribution in [0.1, 0.15) is 6.42 Å². The third-order valence-corrected chi connectivity index (χ3v) is 5.28. The first-order valence-electron chi connectivity index (χ1n) is 9.82. The van der Waals surface area contributed by atoms with Crippen LogP contribution in [0.25, 0.3) is 0 Å². The Morgan fingerprint density at radius 3 is 0.978 bits per heavy atom. The summed E-state index contributed by atoms with van der Waals surface area (Å²) in [7, 11) is 0. The van der Waals surface area contributed by atoms with E-state index in [2.05, 4.69) is 4.74 Å². The molecule has 28 heteroatoms.